The van der Waals surface area contributed by atoms with Gasteiger partial charge in [-0.2, -0.15) is 15.3 Å². The van der Waals surface area contributed by atoms with Crippen molar-refractivity contribution in [3.8, 4) is 6.07 Å². The third-order valence-electron chi connectivity index (χ3n) is 4.77. The predicted octanol–water partition coefficient (Wildman–Crippen LogP) is 4.34. The van der Waals surface area contributed by atoms with E-state index in [1.165, 1.54) is 38.5 Å². The molecule has 0 bridgehead atoms. The maximum absolute atomic E-state index is 8.88. The lowest BCUT2D eigenvalue weighted by atomic mass is 10.1. The van der Waals surface area contributed by atoms with Crippen LogP contribution in [-0.2, 0) is 0 Å². The summed E-state index contributed by atoms with van der Waals surface area (Å²) in [7, 11) is 0. The van der Waals surface area contributed by atoms with Crippen LogP contribution >= 0.6 is 0 Å². The van der Waals surface area contributed by atoms with Gasteiger partial charge in [0.05, 0.1) is 29.3 Å². The van der Waals surface area contributed by atoms with Gasteiger partial charge in [0.1, 0.15) is 0 Å². The Balaban J connectivity index is 1.62. The Bertz CT molecular complexity index is 898. The molecule has 0 unspecified atom stereocenters. The molecule has 2 aromatic heterocycles. The number of nitrogens with one attached hydrogen (secondary N) is 1. The lowest BCUT2D eigenvalue weighted by molar-refractivity contribution is 0.415. The molecular weight excluding hydrogens is 312 g/mol. The van der Waals surface area contributed by atoms with Crippen LogP contribution < -0.4 is 5.32 Å². The molecule has 0 radical (unpaired) electrons. The van der Waals surface area contributed by atoms with E-state index in [2.05, 4.69) is 26.2 Å². The molecule has 1 saturated carbocycles. The van der Waals surface area contributed by atoms with Crippen molar-refractivity contribution in [1.82, 2.24) is 19.7 Å². The highest BCUT2D eigenvalue weighted by Crippen LogP contribution is 2.29. The molecule has 0 aliphatic heterocycles. The third kappa shape index (κ3) is 3.31. The van der Waals surface area contributed by atoms with E-state index in [4.69, 9.17) is 10.2 Å². The van der Waals surface area contributed by atoms with Crippen LogP contribution in [0.1, 0.15) is 50.1 Å². The Morgan fingerprint density at radius 3 is 2.52 bits per heavy atom. The zero-order valence-electron chi connectivity index (χ0n) is 14.0. The van der Waals surface area contributed by atoms with Gasteiger partial charge in [0.25, 0.3) is 0 Å². The summed E-state index contributed by atoms with van der Waals surface area (Å²) in [5.74, 6) is 0.549. The first kappa shape index (κ1) is 15.6. The Hall–Kier alpha value is -2.94. The average Bonchev–Trinajstić information content (AvgIpc) is 2.88. The maximum atomic E-state index is 8.88. The molecule has 0 spiro atoms. The number of hydrogen-bond acceptors (Lipinski definition) is 5. The average molecular weight is 332 g/mol. The molecule has 1 aliphatic rings. The molecular formula is C19H20N6. The molecule has 25 heavy (non-hydrogen) atoms. The highest BCUT2D eigenvalue weighted by Gasteiger charge is 2.18. The lowest BCUT2D eigenvalue weighted by Gasteiger charge is -2.15. The van der Waals surface area contributed by atoms with Crippen molar-refractivity contribution in [2.45, 2.75) is 44.6 Å². The van der Waals surface area contributed by atoms with E-state index in [1.54, 1.807) is 12.1 Å². The predicted molar refractivity (Wildman–Crippen MR) is 96.5 cm³/mol. The number of benzene rings is 1. The fraction of sp³-hybridized carbons (Fsp3) is 0.368. The first-order chi connectivity index (χ1) is 12.3. The van der Waals surface area contributed by atoms with E-state index in [0.717, 1.165) is 16.7 Å². The van der Waals surface area contributed by atoms with E-state index in [9.17, 15) is 0 Å². The summed E-state index contributed by atoms with van der Waals surface area (Å²) in [5, 5.41) is 17.6. The van der Waals surface area contributed by atoms with Gasteiger partial charge in [-0.05, 0) is 37.1 Å². The maximum Gasteiger partial charge on any atom is 0.229 e. The summed E-state index contributed by atoms with van der Waals surface area (Å²) in [6.07, 6.45) is 11.1. The van der Waals surface area contributed by atoms with Crippen LogP contribution in [0.2, 0.25) is 0 Å². The standard InChI is InChI=1S/C19H20N6/c20-11-14-7-9-16(10-8-14)23-19-21-12-15-13-22-25(18(15)24-19)17-5-3-1-2-4-6-17/h7-10,12-13,17H,1-6H2,(H,21,23,24). The van der Waals surface area contributed by atoms with Crippen molar-refractivity contribution < 1.29 is 0 Å². The normalized spacial score (nSPS) is 15.6. The van der Waals surface area contributed by atoms with E-state index >= 15 is 0 Å². The summed E-state index contributed by atoms with van der Waals surface area (Å²) in [6, 6.07) is 9.81. The second kappa shape index (κ2) is 6.89. The van der Waals surface area contributed by atoms with Crippen molar-refractivity contribution in [1.29, 1.82) is 5.26 Å². The molecule has 1 fully saturated rings. The zero-order chi connectivity index (χ0) is 17.1. The topological polar surface area (TPSA) is 79.4 Å². The SMILES string of the molecule is N#Cc1ccc(Nc2ncc3cnn(C4CCCCCC4)c3n2)cc1. The van der Waals surface area contributed by atoms with Gasteiger partial charge in [-0.1, -0.05) is 25.7 Å². The molecule has 1 aromatic carbocycles. The number of fused-ring (bicyclic) bond motifs is 1. The van der Waals surface area contributed by atoms with Gasteiger partial charge in [0.2, 0.25) is 5.95 Å². The van der Waals surface area contributed by atoms with Gasteiger partial charge in [0.15, 0.2) is 5.65 Å². The van der Waals surface area contributed by atoms with Crippen molar-refractivity contribution in [3.05, 3.63) is 42.2 Å². The highest BCUT2D eigenvalue weighted by atomic mass is 15.3. The molecule has 1 aliphatic carbocycles. The second-order valence-electron chi connectivity index (χ2n) is 6.52. The van der Waals surface area contributed by atoms with Crippen LogP contribution in [0.4, 0.5) is 11.6 Å². The van der Waals surface area contributed by atoms with Gasteiger partial charge in [-0.15, -0.1) is 0 Å². The number of nitriles is 1. The molecule has 6 heteroatoms. The van der Waals surface area contributed by atoms with Crippen LogP contribution in [0.3, 0.4) is 0 Å². The Kier molecular flexibility index (Phi) is 4.30. The summed E-state index contributed by atoms with van der Waals surface area (Å²) >= 11 is 0. The minimum atomic E-state index is 0.428. The molecule has 2 heterocycles. The minimum Gasteiger partial charge on any atom is -0.324 e. The molecule has 4 rings (SSSR count). The van der Waals surface area contributed by atoms with Gasteiger partial charge in [0, 0.05) is 11.9 Å². The first-order valence-electron chi connectivity index (χ1n) is 8.81. The molecule has 6 nitrogen and oxygen atoms in total. The van der Waals surface area contributed by atoms with E-state index in [0.29, 0.717) is 17.6 Å². The van der Waals surface area contributed by atoms with E-state index in [-0.39, 0.29) is 0 Å². The smallest absolute Gasteiger partial charge is 0.229 e. The monoisotopic (exact) mass is 332 g/mol. The fourth-order valence-electron chi connectivity index (χ4n) is 3.42. The van der Waals surface area contributed by atoms with Crippen molar-refractivity contribution in [2.24, 2.45) is 0 Å². The first-order valence-corrected chi connectivity index (χ1v) is 8.81. The number of anilines is 2. The van der Waals surface area contributed by atoms with Gasteiger partial charge in [-0.3, -0.25) is 0 Å². The van der Waals surface area contributed by atoms with Crippen LogP contribution in [0.15, 0.2) is 36.7 Å². The van der Waals surface area contributed by atoms with Crippen LogP contribution in [0.5, 0.6) is 0 Å². The molecule has 126 valence electrons. The summed E-state index contributed by atoms with van der Waals surface area (Å²) < 4.78 is 2.08. The summed E-state index contributed by atoms with van der Waals surface area (Å²) in [6.45, 7) is 0. The van der Waals surface area contributed by atoms with Crippen molar-refractivity contribution in [2.75, 3.05) is 5.32 Å². The third-order valence-corrected chi connectivity index (χ3v) is 4.77. The molecule has 0 amide bonds. The van der Waals surface area contributed by atoms with Crippen molar-refractivity contribution >= 4 is 22.7 Å². The minimum absolute atomic E-state index is 0.428. The van der Waals surface area contributed by atoms with Crippen molar-refractivity contribution in [3.63, 3.8) is 0 Å². The van der Waals surface area contributed by atoms with Gasteiger partial charge in [-0.25, -0.2) is 9.67 Å². The Labute approximate surface area is 146 Å². The quantitative estimate of drug-likeness (QED) is 0.722. The summed E-state index contributed by atoms with van der Waals surface area (Å²) in [4.78, 5) is 9.07. The van der Waals surface area contributed by atoms with Crippen LogP contribution in [0.25, 0.3) is 11.0 Å². The number of aromatic nitrogens is 4. The van der Waals surface area contributed by atoms with Crippen LogP contribution in [-0.4, -0.2) is 19.7 Å². The summed E-state index contributed by atoms with van der Waals surface area (Å²) in [5.41, 5.74) is 2.38. The molecule has 0 saturated heterocycles. The number of rotatable bonds is 3. The Morgan fingerprint density at radius 2 is 1.80 bits per heavy atom. The van der Waals surface area contributed by atoms with Gasteiger partial charge >= 0.3 is 0 Å². The number of nitrogens with zero attached hydrogens (tertiary/aromatic N) is 5. The second-order valence-corrected chi connectivity index (χ2v) is 6.52. The largest absolute Gasteiger partial charge is 0.324 e. The number of hydrogen-bond donors (Lipinski definition) is 1. The lowest BCUT2D eigenvalue weighted by Crippen LogP contribution is -2.11. The molecule has 3 aromatic rings. The zero-order valence-corrected chi connectivity index (χ0v) is 14.0. The fourth-order valence-corrected chi connectivity index (χ4v) is 3.42. The van der Waals surface area contributed by atoms with Gasteiger partial charge < -0.3 is 5.32 Å². The molecule has 1 N–H and O–H groups in total. The Morgan fingerprint density at radius 1 is 1.04 bits per heavy atom. The van der Waals surface area contributed by atoms with E-state index in [1.807, 2.05) is 24.5 Å². The van der Waals surface area contributed by atoms with Crippen LogP contribution in [0, 0.1) is 11.3 Å². The highest BCUT2D eigenvalue weighted by molar-refractivity contribution is 5.75. The molecule has 0 atom stereocenters. The van der Waals surface area contributed by atoms with E-state index < -0.39 is 0 Å².